The molecule has 200 valence electrons. The molecule has 5 fully saturated rings. The van der Waals surface area contributed by atoms with Crippen LogP contribution in [-0.2, 0) is 19.1 Å². The van der Waals surface area contributed by atoms with Gasteiger partial charge in [-0.25, -0.2) is 0 Å². The van der Waals surface area contributed by atoms with E-state index in [0.29, 0.717) is 78.3 Å². The lowest BCUT2D eigenvalue weighted by Crippen LogP contribution is -2.50. The number of carbonyl (C=O) groups is 2. The summed E-state index contributed by atoms with van der Waals surface area (Å²) in [5.41, 5.74) is -0.00669. The van der Waals surface area contributed by atoms with Crippen molar-refractivity contribution >= 4 is 11.8 Å². The summed E-state index contributed by atoms with van der Waals surface area (Å²) in [6.07, 6.45) is 9.34. The van der Waals surface area contributed by atoms with Gasteiger partial charge in [0, 0.05) is 24.3 Å². The van der Waals surface area contributed by atoms with Crippen molar-refractivity contribution in [3.8, 4) is 0 Å². The van der Waals surface area contributed by atoms with Crippen LogP contribution < -0.4 is 5.32 Å². The summed E-state index contributed by atoms with van der Waals surface area (Å²) in [5.74, 6) is 4.00. The fourth-order valence-corrected chi connectivity index (χ4v) is 9.38. The van der Waals surface area contributed by atoms with Gasteiger partial charge in [0.05, 0.1) is 19.3 Å². The molecule has 1 heterocycles. The topological polar surface area (TPSA) is 64.6 Å². The minimum Gasteiger partial charge on any atom is -0.469 e. The minimum absolute atomic E-state index is 0.188. The smallest absolute Gasteiger partial charge is 0.305 e. The predicted octanol–water partition coefficient (Wildman–Crippen LogP) is 5.80. The van der Waals surface area contributed by atoms with E-state index in [1.54, 1.807) is 0 Å². The summed E-state index contributed by atoms with van der Waals surface area (Å²) in [6.45, 7) is 14.3. The molecule has 0 aromatic heterocycles. The molecule has 1 saturated heterocycles. The van der Waals surface area contributed by atoms with Crippen LogP contribution in [0.4, 0.5) is 0 Å². The average molecular weight is 490 g/mol. The molecular weight excluding hydrogens is 438 g/mol. The van der Waals surface area contributed by atoms with Gasteiger partial charge in [-0.2, -0.15) is 0 Å². The van der Waals surface area contributed by atoms with Crippen molar-refractivity contribution in [2.75, 3.05) is 13.7 Å². The van der Waals surface area contributed by atoms with Crippen LogP contribution in [0.3, 0.4) is 0 Å². The number of ketones is 1. The van der Waals surface area contributed by atoms with Crippen LogP contribution in [0, 0.1) is 46.3 Å². The summed E-state index contributed by atoms with van der Waals surface area (Å²) in [5, 5.41) is 3.73. The molecule has 0 aromatic carbocycles. The van der Waals surface area contributed by atoms with Crippen molar-refractivity contribution < 1.29 is 19.1 Å². The highest BCUT2D eigenvalue weighted by atomic mass is 16.5. The Morgan fingerprint density at radius 1 is 1.11 bits per heavy atom. The quantitative estimate of drug-likeness (QED) is 0.478. The Bertz CT molecular complexity index is 784. The molecule has 11 atom stereocenters. The van der Waals surface area contributed by atoms with E-state index in [9.17, 15) is 9.59 Å². The maximum absolute atomic E-state index is 13.2. The molecule has 5 aliphatic rings. The van der Waals surface area contributed by atoms with Gasteiger partial charge in [0.2, 0.25) is 0 Å². The molecule has 0 bridgehead atoms. The van der Waals surface area contributed by atoms with Gasteiger partial charge in [0.1, 0.15) is 5.78 Å². The van der Waals surface area contributed by atoms with Gasteiger partial charge in [-0.15, -0.1) is 0 Å². The molecule has 0 radical (unpaired) electrons. The van der Waals surface area contributed by atoms with Crippen LogP contribution in [0.1, 0.15) is 99.3 Å². The van der Waals surface area contributed by atoms with Crippen LogP contribution in [0.5, 0.6) is 0 Å². The number of carbonyl (C=O) groups excluding carboxylic acids is 2. The van der Waals surface area contributed by atoms with E-state index in [4.69, 9.17) is 9.47 Å². The van der Waals surface area contributed by atoms with E-state index in [2.05, 4.69) is 33.0 Å². The SMILES string of the molecule is CC.CCC1NCC(C)CC1OC1CCC2C3CCC(=O)C(C)(CCC(=O)OC)C3CC23C(C)C13. The Balaban J connectivity index is 0.00000141. The molecule has 1 aliphatic heterocycles. The van der Waals surface area contributed by atoms with Crippen molar-refractivity contribution in [1.29, 1.82) is 0 Å². The molecule has 4 saturated carbocycles. The first-order valence-electron chi connectivity index (χ1n) is 14.7. The number of nitrogens with one attached hydrogen (secondary N) is 1. The first kappa shape index (κ1) is 27.1. The van der Waals surface area contributed by atoms with Crippen molar-refractivity contribution in [1.82, 2.24) is 5.32 Å². The Hall–Kier alpha value is -0.940. The Labute approximate surface area is 213 Å². The highest BCUT2D eigenvalue weighted by molar-refractivity contribution is 5.86. The van der Waals surface area contributed by atoms with Crippen molar-refractivity contribution in [3.63, 3.8) is 0 Å². The zero-order valence-corrected chi connectivity index (χ0v) is 23.4. The summed E-state index contributed by atoms with van der Waals surface area (Å²) in [7, 11) is 1.45. The van der Waals surface area contributed by atoms with Gasteiger partial charge < -0.3 is 14.8 Å². The van der Waals surface area contributed by atoms with Gasteiger partial charge >= 0.3 is 5.97 Å². The second kappa shape index (κ2) is 10.4. The zero-order chi connectivity index (χ0) is 25.5. The number of piperidine rings is 1. The fraction of sp³-hybridized carbons (Fsp3) is 0.933. The second-order valence-electron chi connectivity index (χ2n) is 12.5. The number of fused-ring (bicyclic) bond motifs is 2. The predicted molar refractivity (Wildman–Crippen MR) is 139 cm³/mol. The van der Waals surface area contributed by atoms with Crippen molar-refractivity contribution in [2.45, 2.75) is 118 Å². The van der Waals surface area contributed by atoms with E-state index < -0.39 is 0 Å². The normalized spacial score (nSPS) is 48.1. The monoisotopic (exact) mass is 489 g/mol. The molecule has 35 heavy (non-hydrogen) atoms. The van der Waals surface area contributed by atoms with Gasteiger partial charge in [0.25, 0.3) is 0 Å². The molecule has 5 nitrogen and oxygen atoms in total. The van der Waals surface area contributed by atoms with Crippen molar-refractivity contribution in [2.24, 2.45) is 46.3 Å². The lowest BCUT2D eigenvalue weighted by molar-refractivity contribution is -0.144. The van der Waals surface area contributed by atoms with E-state index >= 15 is 0 Å². The Kier molecular flexibility index (Phi) is 8.08. The molecule has 11 unspecified atom stereocenters. The molecular formula is C30H51NO4. The molecule has 5 rings (SSSR count). The van der Waals surface area contributed by atoms with E-state index in [0.717, 1.165) is 31.7 Å². The molecule has 0 aromatic rings. The second-order valence-corrected chi connectivity index (χ2v) is 12.5. The molecule has 1 N–H and O–H groups in total. The van der Waals surface area contributed by atoms with Crippen LogP contribution in [0.2, 0.25) is 0 Å². The maximum atomic E-state index is 13.2. The Morgan fingerprint density at radius 3 is 2.54 bits per heavy atom. The van der Waals surface area contributed by atoms with Crippen LogP contribution in [0.15, 0.2) is 0 Å². The van der Waals surface area contributed by atoms with E-state index in [-0.39, 0.29) is 11.4 Å². The number of methoxy groups -OCH3 is 1. The number of rotatable bonds is 6. The first-order chi connectivity index (χ1) is 16.8. The molecule has 4 aliphatic carbocycles. The van der Waals surface area contributed by atoms with Crippen LogP contribution in [0.25, 0.3) is 0 Å². The first-order valence-corrected chi connectivity index (χ1v) is 14.7. The summed E-state index contributed by atoms with van der Waals surface area (Å²) in [4.78, 5) is 25.1. The molecule has 0 amide bonds. The van der Waals surface area contributed by atoms with Gasteiger partial charge in [0.15, 0.2) is 0 Å². The maximum Gasteiger partial charge on any atom is 0.305 e. The minimum atomic E-state index is -0.373. The summed E-state index contributed by atoms with van der Waals surface area (Å²) in [6, 6.07) is 0.481. The molecule has 1 spiro atoms. The number of Topliss-reactive ketones (excluding diaryl/α,β-unsaturated/α-hetero) is 1. The van der Waals surface area contributed by atoms with E-state index in [1.165, 1.54) is 26.4 Å². The highest BCUT2D eigenvalue weighted by Gasteiger charge is 2.76. The largest absolute Gasteiger partial charge is 0.469 e. The van der Waals surface area contributed by atoms with E-state index in [1.807, 2.05) is 13.8 Å². The highest BCUT2D eigenvalue weighted by Crippen LogP contribution is 2.79. The average Bonchev–Trinajstić information content (AvgIpc) is 3.30. The van der Waals surface area contributed by atoms with Crippen LogP contribution >= 0.6 is 0 Å². The van der Waals surface area contributed by atoms with Crippen LogP contribution in [-0.4, -0.2) is 43.7 Å². The van der Waals surface area contributed by atoms with Gasteiger partial charge in [-0.05, 0) is 92.4 Å². The number of ether oxygens (including phenoxy) is 2. The fourth-order valence-electron chi connectivity index (χ4n) is 9.38. The Morgan fingerprint density at radius 2 is 1.86 bits per heavy atom. The third-order valence-corrected chi connectivity index (χ3v) is 11.2. The summed E-state index contributed by atoms with van der Waals surface area (Å²) < 4.78 is 11.9. The lowest BCUT2D eigenvalue weighted by atomic mass is 9.60. The number of hydrogen-bond acceptors (Lipinski definition) is 5. The van der Waals surface area contributed by atoms with Gasteiger partial charge in [-0.3, -0.25) is 9.59 Å². The van der Waals surface area contributed by atoms with Crippen molar-refractivity contribution in [3.05, 3.63) is 0 Å². The lowest BCUT2D eigenvalue weighted by Gasteiger charge is -2.44. The zero-order valence-electron chi connectivity index (χ0n) is 23.4. The summed E-state index contributed by atoms with van der Waals surface area (Å²) >= 11 is 0. The molecule has 5 heteroatoms. The standard InChI is InChI=1S/C28H45NO4.C2H6/c1-6-21-23(13-16(2)15-29-21)33-22-9-8-19-18-7-10-24(30)27(4,12-11-25(31)32-5)20(18)14-28(19)17(3)26(22)28;1-2/h16-23,26,29H,6-15H2,1-5H3;1-2H3. The third-order valence-electron chi connectivity index (χ3n) is 11.2. The third kappa shape index (κ3) is 4.41. The van der Waals surface area contributed by atoms with Gasteiger partial charge in [-0.1, -0.05) is 41.5 Å². The number of esters is 1. The number of hydrogen-bond donors (Lipinski definition) is 1.